The summed E-state index contributed by atoms with van der Waals surface area (Å²) < 4.78 is 38.1. The van der Waals surface area contributed by atoms with Crippen LogP contribution in [0.4, 0.5) is 11.4 Å². The van der Waals surface area contributed by atoms with Crippen molar-refractivity contribution in [1.29, 1.82) is 0 Å². The average molecular weight is 483 g/mol. The van der Waals surface area contributed by atoms with Crippen molar-refractivity contribution in [2.45, 2.75) is 18.7 Å². The first-order valence-electron chi connectivity index (χ1n) is 10.6. The summed E-state index contributed by atoms with van der Waals surface area (Å²) in [6.07, 6.45) is 0. The van der Waals surface area contributed by atoms with E-state index in [1.165, 1.54) is 25.3 Å². The predicted molar refractivity (Wildman–Crippen MR) is 130 cm³/mol. The maximum atomic E-state index is 13.4. The van der Waals surface area contributed by atoms with E-state index in [0.717, 1.165) is 4.31 Å². The molecule has 8 nitrogen and oxygen atoms in total. The molecule has 0 atom stereocenters. The van der Waals surface area contributed by atoms with E-state index in [4.69, 9.17) is 9.47 Å². The standard InChI is InChI=1S/C25H26N2O6S/c1-4-33-21-14-12-20(13-15-21)27(34(30,31)22-8-6-5-7-9-22)17-24(28)26-23-16-19(25(29)32-3)11-10-18(23)2/h5-16H,4,17H2,1-3H3,(H,26,28). The minimum atomic E-state index is -4.04. The lowest BCUT2D eigenvalue weighted by Crippen LogP contribution is -2.38. The largest absolute Gasteiger partial charge is 0.494 e. The summed E-state index contributed by atoms with van der Waals surface area (Å²) in [4.78, 5) is 24.9. The van der Waals surface area contributed by atoms with Crippen LogP contribution in [0.15, 0.2) is 77.7 Å². The van der Waals surface area contributed by atoms with E-state index in [9.17, 15) is 18.0 Å². The molecule has 0 bridgehead atoms. The summed E-state index contributed by atoms with van der Waals surface area (Å²) in [6.45, 7) is 3.61. The lowest BCUT2D eigenvalue weighted by molar-refractivity contribution is -0.114. The fourth-order valence-electron chi connectivity index (χ4n) is 3.23. The maximum absolute atomic E-state index is 13.4. The van der Waals surface area contributed by atoms with Gasteiger partial charge in [0, 0.05) is 5.69 Å². The van der Waals surface area contributed by atoms with Gasteiger partial charge in [0.15, 0.2) is 0 Å². The Kier molecular flexibility index (Phi) is 7.91. The molecular formula is C25H26N2O6S. The molecule has 34 heavy (non-hydrogen) atoms. The number of anilines is 2. The second-order valence-electron chi connectivity index (χ2n) is 7.32. The number of benzene rings is 3. The summed E-state index contributed by atoms with van der Waals surface area (Å²) >= 11 is 0. The third-order valence-electron chi connectivity index (χ3n) is 4.99. The number of hydrogen-bond acceptors (Lipinski definition) is 6. The highest BCUT2D eigenvalue weighted by molar-refractivity contribution is 7.92. The van der Waals surface area contributed by atoms with Gasteiger partial charge in [0.1, 0.15) is 12.3 Å². The number of methoxy groups -OCH3 is 1. The number of aryl methyl sites for hydroxylation is 1. The number of carbonyl (C=O) groups is 2. The molecule has 0 aliphatic carbocycles. The van der Waals surface area contributed by atoms with Crippen molar-refractivity contribution in [1.82, 2.24) is 0 Å². The van der Waals surface area contributed by atoms with E-state index in [1.54, 1.807) is 61.5 Å². The maximum Gasteiger partial charge on any atom is 0.337 e. The zero-order chi connectivity index (χ0) is 24.7. The van der Waals surface area contributed by atoms with Gasteiger partial charge in [-0.3, -0.25) is 9.10 Å². The highest BCUT2D eigenvalue weighted by Crippen LogP contribution is 2.26. The van der Waals surface area contributed by atoms with Crippen molar-refractivity contribution >= 4 is 33.3 Å². The van der Waals surface area contributed by atoms with Crippen molar-refractivity contribution in [3.8, 4) is 5.75 Å². The van der Waals surface area contributed by atoms with Crippen LogP contribution < -0.4 is 14.4 Å². The second-order valence-corrected chi connectivity index (χ2v) is 9.18. The number of carbonyl (C=O) groups excluding carboxylic acids is 2. The van der Waals surface area contributed by atoms with Crippen LogP contribution in [0.2, 0.25) is 0 Å². The van der Waals surface area contributed by atoms with Gasteiger partial charge in [-0.15, -0.1) is 0 Å². The summed E-state index contributed by atoms with van der Waals surface area (Å²) in [5.41, 5.74) is 1.67. The molecule has 0 unspecified atom stereocenters. The SMILES string of the molecule is CCOc1ccc(N(CC(=O)Nc2cc(C(=O)OC)ccc2C)S(=O)(=O)c2ccccc2)cc1. The lowest BCUT2D eigenvalue weighted by Gasteiger charge is -2.24. The molecule has 0 saturated carbocycles. The molecule has 0 heterocycles. The Balaban J connectivity index is 1.93. The van der Waals surface area contributed by atoms with Gasteiger partial charge in [0.05, 0.1) is 29.9 Å². The fourth-order valence-corrected chi connectivity index (χ4v) is 4.67. The Labute approximate surface area is 199 Å². The summed E-state index contributed by atoms with van der Waals surface area (Å²) in [5.74, 6) is -0.528. The van der Waals surface area contributed by atoms with Crippen LogP contribution in [0, 0.1) is 6.92 Å². The molecule has 3 rings (SSSR count). The number of rotatable bonds is 9. The summed E-state index contributed by atoms with van der Waals surface area (Å²) in [5, 5.41) is 2.71. The minimum absolute atomic E-state index is 0.0561. The second kappa shape index (κ2) is 10.8. The Hall–Kier alpha value is -3.85. The monoisotopic (exact) mass is 482 g/mol. The van der Waals surface area contributed by atoms with Gasteiger partial charge in [-0.25, -0.2) is 13.2 Å². The first kappa shape index (κ1) is 24.8. The van der Waals surface area contributed by atoms with Crippen molar-refractivity contribution in [2.75, 3.05) is 29.9 Å². The van der Waals surface area contributed by atoms with E-state index >= 15 is 0 Å². The first-order valence-corrected chi connectivity index (χ1v) is 12.0. The average Bonchev–Trinajstić information content (AvgIpc) is 2.84. The molecule has 178 valence electrons. The molecule has 9 heteroatoms. The molecule has 1 amide bonds. The van der Waals surface area contributed by atoms with E-state index in [-0.39, 0.29) is 10.5 Å². The van der Waals surface area contributed by atoms with Gasteiger partial charge in [-0.2, -0.15) is 0 Å². The Morgan fingerprint density at radius 2 is 1.65 bits per heavy atom. The number of sulfonamides is 1. The van der Waals surface area contributed by atoms with Gasteiger partial charge < -0.3 is 14.8 Å². The molecule has 0 aliphatic heterocycles. The molecule has 0 saturated heterocycles. The molecule has 0 fully saturated rings. The van der Waals surface area contributed by atoms with Crippen LogP contribution in [0.5, 0.6) is 5.75 Å². The van der Waals surface area contributed by atoms with Crippen molar-refractivity contribution in [3.63, 3.8) is 0 Å². The highest BCUT2D eigenvalue weighted by Gasteiger charge is 2.27. The van der Waals surface area contributed by atoms with Crippen LogP contribution in [0.3, 0.4) is 0 Å². The number of ether oxygens (including phenoxy) is 2. The molecule has 0 aliphatic rings. The third-order valence-corrected chi connectivity index (χ3v) is 6.77. The van der Waals surface area contributed by atoms with Gasteiger partial charge in [-0.1, -0.05) is 24.3 Å². The van der Waals surface area contributed by atoms with Crippen molar-refractivity contribution in [2.24, 2.45) is 0 Å². The lowest BCUT2D eigenvalue weighted by atomic mass is 10.1. The van der Waals surface area contributed by atoms with Crippen LogP contribution in [-0.2, 0) is 19.6 Å². The number of amides is 1. The smallest absolute Gasteiger partial charge is 0.337 e. The molecule has 3 aromatic rings. The molecule has 0 spiro atoms. The van der Waals surface area contributed by atoms with Crippen molar-refractivity contribution in [3.05, 3.63) is 83.9 Å². The quantitative estimate of drug-likeness (QED) is 0.462. The fraction of sp³-hybridized carbons (Fsp3) is 0.200. The van der Waals surface area contributed by atoms with Gasteiger partial charge in [0.2, 0.25) is 5.91 Å². The van der Waals surface area contributed by atoms with E-state index in [0.29, 0.717) is 29.3 Å². The number of nitrogens with one attached hydrogen (secondary N) is 1. The van der Waals surface area contributed by atoms with Crippen LogP contribution >= 0.6 is 0 Å². The van der Waals surface area contributed by atoms with Gasteiger partial charge in [0.25, 0.3) is 10.0 Å². The highest BCUT2D eigenvalue weighted by atomic mass is 32.2. The van der Waals surface area contributed by atoms with E-state index in [2.05, 4.69) is 5.32 Å². The Bertz CT molecular complexity index is 1260. The Morgan fingerprint density at radius 1 is 0.971 bits per heavy atom. The third kappa shape index (κ3) is 5.74. The van der Waals surface area contributed by atoms with Crippen LogP contribution in [0.1, 0.15) is 22.8 Å². The zero-order valence-corrected chi connectivity index (χ0v) is 20.0. The molecule has 0 radical (unpaired) electrons. The number of nitrogens with zero attached hydrogens (tertiary/aromatic N) is 1. The molecular weight excluding hydrogens is 456 g/mol. The van der Waals surface area contributed by atoms with Crippen LogP contribution in [-0.4, -0.2) is 40.6 Å². The topological polar surface area (TPSA) is 102 Å². The normalized spacial score (nSPS) is 10.9. The Morgan fingerprint density at radius 3 is 2.26 bits per heavy atom. The summed E-state index contributed by atoms with van der Waals surface area (Å²) in [6, 6.07) is 19.1. The van der Waals surface area contributed by atoms with Gasteiger partial charge >= 0.3 is 5.97 Å². The molecule has 3 aromatic carbocycles. The minimum Gasteiger partial charge on any atom is -0.494 e. The summed E-state index contributed by atoms with van der Waals surface area (Å²) in [7, 11) is -2.78. The van der Waals surface area contributed by atoms with E-state index < -0.39 is 28.4 Å². The zero-order valence-electron chi connectivity index (χ0n) is 19.1. The predicted octanol–water partition coefficient (Wildman–Crippen LogP) is 4.01. The van der Waals surface area contributed by atoms with Crippen molar-refractivity contribution < 1.29 is 27.5 Å². The van der Waals surface area contributed by atoms with Crippen LogP contribution in [0.25, 0.3) is 0 Å². The van der Waals surface area contributed by atoms with E-state index in [1.807, 2.05) is 6.92 Å². The molecule has 0 aromatic heterocycles. The van der Waals surface area contributed by atoms with Gasteiger partial charge in [-0.05, 0) is 67.9 Å². The molecule has 1 N–H and O–H groups in total. The number of esters is 1. The number of hydrogen-bond donors (Lipinski definition) is 1. The first-order chi connectivity index (χ1) is 16.3.